The Morgan fingerprint density at radius 2 is 1.77 bits per heavy atom. The smallest absolute Gasteiger partial charge is 0.362 e. The lowest BCUT2D eigenvalue weighted by Crippen LogP contribution is -2.26. The molecule has 156 valence electrons. The number of carbonyl (C=O) groups is 1. The van der Waals surface area contributed by atoms with E-state index in [1.807, 2.05) is 25.1 Å². The largest absolute Gasteiger partial charge is 0.494 e. The Morgan fingerprint density at radius 1 is 1.03 bits per heavy atom. The summed E-state index contributed by atoms with van der Waals surface area (Å²) in [5.41, 5.74) is 1.21. The van der Waals surface area contributed by atoms with Crippen LogP contribution in [0, 0.1) is 0 Å². The molecule has 3 N–H and O–H groups in total. The number of benzene rings is 2. The molecule has 0 atom stereocenters. The second-order valence-corrected chi connectivity index (χ2v) is 7.30. The zero-order valence-electron chi connectivity index (χ0n) is 16.9. The van der Waals surface area contributed by atoms with Gasteiger partial charge in [-0.3, -0.25) is 5.32 Å². The molecule has 3 aromatic rings. The number of hydrogen-bond donors (Lipinski definition) is 3. The molecule has 2 amide bonds. The van der Waals surface area contributed by atoms with E-state index in [9.17, 15) is 9.59 Å². The van der Waals surface area contributed by atoms with Gasteiger partial charge >= 0.3 is 11.7 Å². The van der Waals surface area contributed by atoms with Crippen molar-refractivity contribution in [3.63, 3.8) is 0 Å². The first-order valence-electron chi connectivity index (χ1n) is 10.3. The van der Waals surface area contributed by atoms with Crippen molar-refractivity contribution in [1.82, 2.24) is 0 Å². The van der Waals surface area contributed by atoms with Gasteiger partial charge in [-0.2, -0.15) is 0 Å². The van der Waals surface area contributed by atoms with Crippen LogP contribution in [0.4, 0.5) is 21.9 Å². The third-order valence-corrected chi connectivity index (χ3v) is 5.18. The molecule has 4 rings (SSSR count). The molecule has 1 aromatic heterocycles. The second-order valence-electron chi connectivity index (χ2n) is 7.30. The maximum Gasteiger partial charge on any atom is 0.362 e. The summed E-state index contributed by atoms with van der Waals surface area (Å²) in [5, 5.41) is 9.65. The Balaban J connectivity index is 1.59. The van der Waals surface area contributed by atoms with E-state index in [1.165, 1.54) is 0 Å². The summed E-state index contributed by atoms with van der Waals surface area (Å²) in [6, 6.07) is 14.1. The van der Waals surface area contributed by atoms with Crippen LogP contribution in [0.3, 0.4) is 0 Å². The standard InChI is InChI=1S/C23H25N3O4/c1-2-29-17-13-11-16(12-14-17)25-23(28)26-21-20(24-15-7-3-4-8-15)18-9-5-6-10-19(18)30-22(21)27/h5-6,9-15,24H,2-4,7-8H2,1H3,(H2,25,26,28). The Bertz CT molecular complexity index is 1090. The van der Waals surface area contributed by atoms with E-state index in [4.69, 9.17) is 9.15 Å². The third kappa shape index (κ3) is 4.40. The Labute approximate surface area is 174 Å². The van der Waals surface area contributed by atoms with Gasteiger partial charge in [-0.15, -0.1) is 0 Å². The highest BCUT2D eigenvalue weighted by Gasteiger charge is 2.21. The number of fused-ring (bicyclic) bond motifs is 1. The maximum atomic E-state index is 12.7. The summed E-state index contributed by atoms with van der Waals surface area (Å²) >= 11 is 0. The van der Waals surface area contributed by atoms with Crippen molar-refractivity contribution < 1.29 is 13.9 Å². The molecule has 0 bridgehead atoms. The molecule has 0 saturated heterocycles. The first-order chi connectivity index (χ1) is 14.6. The molecule has 1 heterocycles. The second kappa shape index (κ2) is 8.90. The van der Waals surface area contributed by atoms with Crippen LogP contribution < -0.4 is 26.3 Å². The zero-order valence-corrected chi connectivity index (χ0v) is 16.9. The Morgan fingerprint density at radius 3 is 2.50 bits per heavy atom. The lowest BCUT2D eigenvalue weighted by Gasteiger charge is -2.18. The molecule has 1 saturated carbocycles. The lowest BCUT2D eigenvalue weighted by molar-refractivity contribution is 0.262. The van der Waals surface area contributed by atoms with Crippen LogP contribution >= 0.6 is 0 Å². The monoisotopic (exact) mass is 407 g/mol. The van der Waals surface area contributed by atoms with Crippen molar-refractivity contribution in [3.05, 3.63) is 59.0 Å². The van der Waals surface area contributed by atoms with Crippen molar-refractivity contribution >= 4 is 34.1 Å². The van der Waals surface area contributed by atoms with Gasteiger partial charge in [0.15, 0.2) is 5.69 Å². The van der Waals surface area contributed by atoms with E-state index in [0.29, 0.717) is 23.6 Å². The molecule has 1 fully saturated rings. The molecule has 1 aliphatic rings. The summed E-state index contributed by atoms with van der Waals surface area (Å²) < 4.78 is 10.8. The summed E-state index contributed by atoms with van der Waals surface area (Å²) in [5.74, 6) is 0.724. The maximum absolute atomic E-state index is 12.7. The summed E-state index contributed by atoms with van der Waals surface area (Å²) in [4.78, 5) is 25.3. The molecule has 0 unspecified atom stereocenters. The topological polar surface area (TPSA) is 92.6 Å². The number of amides is 2. The number of para-hydroxylation sites is 1. The number of urea groups is 1. The SMILES string of the molecule is CCOc1ccc(NC(=O)Nc2c(NC3CCCC3)c3ccccc3oc2=O)cc1. The molecule has 0 spiro atoms. The molecule has 1 aliphatic carbocycles. The highest BCUT2D eigenvalue weighted by molar-refractivity contribution is 6.05. The molecule has 7 heteroatoms. The summed E-state index contributed by atoms with van der Waals surface area (Å²) in [6.07, 6.45) is 4.37. The zero-order chi connectivity index (χ0) is 20.9. The van der Waals surface area contributed by atoms with Gasteiger partial charge in [-0.25, -0.2) is 9.59 Å². The van der Waals surface area contributed by atoms with E-state index < -0.39 is 11.7 Å². The predicted molar refractivity (Wildman–Crippen MR) is 119 cm³/mol. The number of rotatable bonds is 6. The van der Waals surface area contributed by atoms with Crippen molar-refractivity contribution in [1.29, 1.82) is 0 Å². The first kappa shape index (κ1) is 19.8. The van der Waals surface area contributed by atoms with Gasteiger partial charge in [0.1, 0.15) is 11.3 Å². The van der Waals surface area contributed by atoms with Crippen LogP contribution in [0.2, 0.25) is 0 Å². The van der Waals surface area contributed by atoms with Crippen molar-refractivity contribution in [3.8, 4) is 5.75 Å². The van der Waals surface area contributed by atoms with E-state index in [-0.39, 0.29) is 11.7 Å². The average molecular weight is 407 g/mol. The van der Waals surface area contributed by atoms with Crippen LogP contribution in [-0.2, 0) is 0 Å². The summed E-state index contributed by atoms with van der Waals surface area (Å²) in [6.45, 7) is 2.48. The number of nitrogens with one attached hydrogen (secondary N) is 3. The molecular formula is C23H25N3O4. The van der Waals surface area contributed by atoms with Crippen molar-refractivity contribution in [2.75, 3.05) is 22.6 Å². The van der Waals surface area contributed by atoms with Crippen LogP contribution in [-0.4, -0.2) is 18.7 Å². The molecule has 0 radical (unpaired) electrons. The first-order valence-corrected chi connectivity index (χ1v) is 10.3. The van der Waals surface area contributed by atoms with Crippen molar-refractivity contribution in [2.24, 2.45) is 0 Å². The third-order valence-electron chi connectivity index (χ3n) is 5.18. The molecule has 7 nitrogen and oxygen atoms in total. The van der Waals surface area contributed by atoms with E-state index in [1.54, 1.807) is 30.3 Å². The lowest BCUT2D eigenvalue weighted by atomic mass is 10.1. The number of anilines is 3. The molecular weight excluding hydrogens is 382 g/mol. The van der Waals surface area contributed by atoms with Crippen LogP contribution in [0.25, 0.3) is 11.0 Å². The normalized spacial score (nSPS) is 13.9. The van der Waals surface area contributed by atoms with Crippen LogP contribution in [0.15, 0.2) is 57.7 Å². The average Bonchev–Trinajstić information content (AvgIpc) is 3.25. The van der Waals surface area contributed by atoms with Gasteiger partial charge in [0.2, 0.25) is 0 Å². The fraction of sp³-hybridized carbons (Fsp3) is 0.304. The van der Waals surface area contributed by atoms with Crippen LogP contribution in [0.5, 0.6) is 5.75 Å². The molecule has 2 aromatic carbocycles. The van der Waals surface area contributed by atoms with Crippen molar-refractivity contribution in [2.45, 2.75) is 38.6 Å². The Hall–Kier alpha value is -3.48. The quantitative estimate of drug-likeness (QED) is 0.489. The van der Waals surface area contributed by atoms with Gasteiger partial charge in [0.25, 0.3) is 0 Å². The molecule has 30 heavy (non-hydrogen) atoms. The minimum absolute atomic E-state index is 0.115. The van der Waals surface area contributed by atoms with Gasteiger partial charge in [-0.05, 0) is 56.2 Å². The number of carbonyl (C=O) groups excluding carboxylic acids is 1. The van der Waals surface area contributed by atoms with Gasteiger partial charge in [-0.1, -0.05) is 25.0 Å². The van der Waals surface area contributed by atoms with E-state index >= 15 is 0 Å². The van der Waals surface area contributed by atoms with Gasteiger partial charge in [0, 0.05) is 17.1 Å². The highest BCUT2D eigenvalue weighted by Crippen LogP contribution is 2.32. The van der Waals surface area contributed by atoms with E-state index in [2.05, 4.69) is 16.0 Å². The fourth-order valence-electron chi connectivity index (χ4n) is 3.76. The van der Waals surface area contributed by atoms with Gasteiger partial charge in [0.05, 0.1) is 12.3 Å². The van der Waals surface area contributed by atoms with Crippen LogP contribution in [0.1, 0.15) is 32.6 Å². The number of hydrogen-bond acceptors (Lipinski definition) is 5. The van der Waals surface area contributed by atoms with Gasteiger partial charge < -0.3 is 19.8 Å². The number of ether oxygens (including phenoxy) is 1. The Kier molecular flexibility index (Phi) is 5.88. The summed E-state index contributed by atoms with van der Waals surface area (Å²) in [7, 11) is 0. The fourth-order valence-corrected chi connectivity index (χ4v) is 3.76. The minimum atomic E-state index is -0.587. The predicted octanol–water partition coefficient (Wildman–Crippen LogP) is 5.19. The molecule has 0 aliphatic heterocycles. The van der Waals surface area contributed by atoms with E-state index in [0.717, 1.165) is 36.8 Å². The minimum Gasteiger partial charge on any atom is -0.494 e. The highest BCUT2D eigenvalue weighted by atomic mass is 16.5.